The summed E-state index contributed by atoms with van der Waals surface area (Å²) >= 11 is 7.64. The molecule has 0 radical (unpaired) electrons. The van der Waals surface area contributed by atoms with Crippen LogP contribution in [-0.4, -0.2) is 17.9 Å². The van der Waals surface area contributed by atoms with E-state index in [1.54, 1.807) is 18.2 Å². The Morgan fingerprint density at radius 2 is 1.92 bits per heavy atom. The molecule has 1 aliphatic carbocycles. The average molecular weight is 391 g/mol. The number of hydrogen-bond acceptors (Lipinski definition) is 3. The van der Waals surface area contributed by atoms with Crippen molar-refractivity contribution in [2.45, 2.75) is 51.5 Å². The third kappa shape index (κ3) is 4.46. The summed E-state index contributed by atoms with van der Waals surface area (Å²) in [4.78, 5) is 25.8. The van der Waals surface area contributed by atoms with Gasteiger partial charge in [0, 0.05) is 11.7 Å². The Morgan fingerprint density at radius 1 is 1.15 bits per heavy atom. The third-order valence-corrected chi connectivity index (χ3v) is 6.03. The summed E-state index contributed by atoms with van der Waals surface area (Å²) in [5, 5.41) is 8.25. The van der Waals surface area contributed by atoms with E-state index in [1.165, 1.54) is 17.8 Å². The van der Waals surface area contributed by atoms with Crippen LogP contribution >= 0.6 is 22.9 Å². The van der Waals surface area contributed by atoms with E-state index in [-0.39, 0.29) is 17.9 Å². The molecule has 1 aromatic carbocycles. The largest absolute Gasteiger partial charge is 0.349 e. The highest BCUT2D eigenvalue weighted by atomic mass is 35.5. The van der Waals surface area contributed by atoms with Crippen LogP contribution in [0.4, 0.5) is 5.69 Å². The van der Waals surface area contributed by atoms with Crippen LogP contribution < -0.4 is 10.6 Å². The highest BCUT2D eigenvalue weighted by Crippen LogP contribution is 2.24. The zero-order valence-electron chi connectivity index (χ0n) is 14.8. The van der Waals surface area contributed by atoms with E-state index in [9.17, 15) is 9.59 Å². The summed E-state index contributed by atoms with van der Waals surface area (Å²) < 4.78 is 0. The fourth-order valence-corrected chi connectivity index (χ4v) is 4.38. The SMILES string of the molecule is CCc1ccsc1C(=O)Nc1ccc(Cl)c(C(=O)NC2CCCCC2)c1. The van der Waals surface area contributed by atoms with Crippen LogP contribution in [0.1, 0.15) is 64.6 Å². The number of thiophene rings is 1. The number of benzene rings is 1. The highest BCUT2D eigenvalue weighted by Gasteiger charge is 2.19. The van der Waals surface area contributed by atoms with Crippen LogP contribution in [0.3, 0.4) is 0 Å². The minimum Gasteiger partial charge on any atom is -0.349 e. The molecule has 138 valence electrons. The second kappa shape index (κ2) is 8.69. The zero-order valence-corrected chi connectivity index (χ0v) is 16.4. The van der Waals surface area contributed by atoms with Crippen molar-refractivity contribution < 1.29 is 9.59 Å². The van der Waals surface area contributed by atoms with E-state index in [1.807, 2.05) is 18.4 Å². The lowest BCUT2D eigenvalue weighted by molar-refractivity contribution is 0.0927. The van der Waals surface area contributed by atoms with Crippen molar-refractivity contribution in [3.8, 4) is 0 Å². The van der Waals surface area contributed by atoms with Crippen molar-refractivity contribution in [2.75, 3.05) is 5.32 Å². The van der Waals surface area contributed by atoms with Crippen LogP contribution in [0.5, 0.6) is 0 Å². The summed E-state index contributed by atoms with van der Waals surface area (Å²) in [5.41, 5.74) is 2.00. The molecule has 26 heavy (non-hydrogen) atoms. The van der Waals surface area contributed by atoms with Gasteiger partial charge in [0.15, 0.2) is 0 Å². The Labute approximate surface area is 162 Å². The van der Waals surface area contributed by atoms with Gasteiger partial charge in [-0.2, -0.15) is 0 Å². The van der Waals surface area contributed by atoms with E-state index in [4.69, 9.17) is 11.6 Å². The Bertz CT molecular complexity index is 797. The summed E-state index contributed by atoms with van der Waals surface area (Å²) in [5.74, 6) is -0.332. The normalized spacial score (nSPS) is 14.8. The van der Waals surface area contributed by atoms with Gasteiger partial charge in [-0.3, -0.25) is 9.59 Å². The first kappa shape index (κ1) is 18.9. The monoisotopic (exact) mass is 390 g/mol. The Morgan fingerprint density at radius 3 is 2.65 bits per heavy atom. The minimum atomic E-state index is -0.177. The second-order valence-corrected chi connectivity index (χ2v) is 7.91. The van der Waals surface area contributed by atoms with E-state index >= 15 is 0 Å². The van der Waals surface area contributed by atoms with Crippen molar-refractivity contribution in [1.29, 1.82) is 0 Å². The number of amides is 2. The Hall–Kier alpha value is -1.85. The molecule has 0 saturated heterocycles. The van der Waals surface area contributed by atoms with Gasteiger partial charge in [0.2, 0.25) is 0 Å². The van der Waals surface area contributed by atoms with E-state index in [2.05, 4.69) is 10.6 Å². The maximum Gasteiger partial charge on any atom is 0.266 e. The number of carbonyl (C=O) groups excluding carboxylic acids is 2. The van der Waals surface area contributed by atoms with E-state index in [0.717, 1.165) is 37.7 Å². The van der Waals surface area contributed by atoms with Crippen LogP contribution in [0.15, 0.2) is 29.6 Å². The zero-order chi connectivity index (χ0) is 18.5. The fraction of sp³-hybridized carbons (Fsp3) is 0.400. The summed E-state index contributed by atoms with van der Waals surface area (Å²) in [6.45, 7) is 2.02. The predicted octanol–water partition coefficient (Wildman–Crippen LogP) is 5.28. The number of halogens is 1. The minimum absolute atomic E-state index is 0.155. The topological polar surface area (TPSA) is 58.2 Å². The van der Waals surface area contributed by atoms with Gasteiger partial charge in [0.25, 0.3) is 11.8 Å². The van der Waals surface area contributed by atoms with Gasteiger partial charge < -0.3 is 10.6 Å². The molecule has 0 unspecified atom stereocenters. The van der Waals surface area contributed by atoms with Gasteiger partial charge in [0.1, 0.15) is 0 Å². The molecule has 6 heteroatoms. The molecule has 1 fully saturated rings. The van der Waals surface area contributed by atoms with Crippen LogP contribution in [0, 0.1) is 0 Å². The molecule has 2 aromatic rings. The standard InChI is InChI=1S/C20H23ClN2O2S/c1-2-13-10-11-26-18(13)20(25)23-15-8-9-17(21)16(12-15)19(24)22-14-6-4-3-5-7-14/h8-12,14H,2-7H2,1H3,(H,22,24)(H,23,25). The first-order chi connectivity index (χ1) is 12.6. The first-order valence-corrected chi connectivity index (χ1v) is 10.3. The molecular formula is C20H23ClN2O2S. The fourth-order valence-electron chi connectivity index (χ4n) is 3.29. The first-order valence-electron chi connectivity index (χ1n) is 9.06. The number of nitrogens with one attached hydrogen (secondary N) is 2. The van der Waals surface area contributed by atoms with Gasteiger partial charge in [-0.1, -0.05) is 37.8 Å². The predicted molar refractivity (Wildman–Crippen MR) is 107 cm³/mol. The maximum absolute atomic E-state index is 12.6. The number of carbonyl (C=O) groups is 2. The van der Waals surface area contributed by atoms with Crippen molar-refractivity contribution in [3.63, 3.8) is 0 Å². The van der Waals surface area contributed by atoms with Gasteiger partial charge in [-0.15, -0.1) is 11.3 Å². The number of aryl methyl sites for hydroxylation is 1. The molecule has 0 spiro atoms. The second-order valence-electron chi connectivity index (χ2n) is 6.59. The number of rotatable bonds is 5. The van der Waals surface area contributed by atoms with Gasteiger partial charge in [0.05, 0.1) is 15.5 Å². The average Bonchev–Trinajstić information content (AvgIpc) is 3.13. The van der Waals surface area contributed by atoms with Crippen molar-refractivity contribution >= 4 is 40.4 Å². The smallest absolute Gasteiger partial charge is 0.266 e. The number of hydrogen-bond donors (Lipinski definition) is 2. The highest BCUT2D eigenvalue weighted by molar-refractivity contribution is 7.12. The lowest BCUT2D eigenvalue weighted by Gasteiger charge is -2.23. The molecule has 0 aliphatic heterocycles. The molecule has 4 nitrogen and oxygen atoms in total. The number of anilines is 1. The lowest BCUT2D eigenvalue weighted by Crippen LogP contribution is -2.36. The quantitative estimate of drug-likeness (QED) is 0.729. The van der Waals surface area contributed by atoms with Gasteiger partial charge in [-0.05, 0) is 54.5 Å². The Balaban J connectivity index is 1.72. The molecule has 0 bridgehead atoms. The molecule has 1 aromatic heterocycles. The van der Waals surface area contributed by atoms with Crippen molar-refractivity contribution in [3.05, 3.63) is 50.7 Å². The van der Waals surface area contributed by atoms with Gasteiger partial charge in [-0.25, -0.2) is 0 Å². The molecule has 0 atom stereocenters. The van der Waals surface area contributed by atoms with E-state index in [0.29, 0.717) is 21.2 Å². The maximum atomic E-state index is 12.6. The summed E-state index contributed by atoms with van der Waals surface area (Å²) in [6.07, 6.45) is 6.36. The molecule has 2 amide bonds. The van der Waals surface area contributed by atoms with E-state index < -0.39 is 0 Å². The van der Waals surface area contributed by atoms with Crippen LogP contribution in [-0.2, 0) is 6.42 Å². The molecule has 1 saturated carbocycles. The van der Waals surface area contributed by atoms with Gasteiger partial charge >= 0.3 is 0 Å². The third-order valence-electron chi connectivity index (χ3n) is 4.74. The van der Waals surface area contributed by atoms with Crippen LogP contribution in [0.25, 0.3) is 0 Å². The Kier molecular flexibility index (Phi) is 6.33. The molecular weight excluding hydrogens is 368 g/mol. The summed E-state index contributed by atoms with van der Waals surface area (Å²) in [7, 11) is 0. The molecule has 3 rings (SSSR count). The van der Waals surface area contributed by atoms with Crippen molar-refractivity contribution in [2.24, 2.45) is 0 Å². The molecule has 2 N–H and O–H groups in total. The van der Waals surface area contributed by atoms with Crippen LogP contribution in [0.2, 0.25) is 5.02 Å². The molecule has 1 heterocycles. The lowest BCUT2D eigenvalue weighted by atomic mass is 9.95. The van der Waals surface area contributed by atoms with Crippen molar-refractivity contribution in [1.82, 2.24) is 5.32 Å². The molecule has 1 aliphatic rings. The summed E-state index contributed by atoms with van der Waals surface area (Å²) in [6, 6.07) is 7.20.